The van der Waals surface area contributed by atoms with Gasteiger partial charge in [0.25, 0.3) is 11.8 Å². The van der Waals surface area contributed by atoms with E-state index < -0.39 is 36.4 Å². The molecule has 1 heterocycles. The maximum absolute atomic E-state index is 12.0. The molecule has 0 saturated carbocycles. The van der Waals surface area contributed by atoms with Crippen LogP contribution in [0.4, 0.5) is 0 Å². The van der Waals surface area contributed by atoms with Gasteiger partial charge in [0.2, 0.25) is 0 Å². The molecule has 0 aromatic heterocycles. The van der Waals surface area contributed by atoms with Crippen molar-refractivity contribution in [2.75, 3.05) is 13.7 Å². The number of hydrogen-bond acceptors (Lipinski definition) is 6. The minimum absolute atomic E-state index is 0.247. The highest BCUT2D eigenvalue weighted by Crippen LogP contribution is 2.22. The van der Waals surface area contributed by atoms with Gasteiger partial charge in [0.15, 0.2) is 6.10 Å². The highest BCUT2D eigenvalue weighted by atomic mass is 16.6. The van der Waals surface area contributed by atoms with Gasteiger partial charge in [0.1, 0.15) is 6.54 Å². The van der Waals surface area contributed by atoms with E-state index in [1.807, 2.05) is 0 Å². The fourth-order valence-electron chi connectivity index (χ4n) is 1.96. The lowest BCUT2D eigenvalue weighted by atomic mass is 10.1. The fraction of sp³-hybridized carbons (Fsp3) is 0.286. The summed E-state index contributed by atoms with van der Waals surface area (Å²) in [6.45, 7) is 0.791. The molecule has 1 aromatic carbocycles. The molecule has 21 heavy (non-hydrogen) atoms. The topological polar surface area (TPSA) is 90.0 Å². The summed E-state index contributed by atoms with van der Waals surface area (Å²) in [6.07, 6.45) is -1.10. The normalized spacial score (nSPS) is 14.7. The molecule has 1 unspecified atom stereocenters. The molecule has 7 heteroatoms. The Morgan fingerprint density at radius 1 is 1.14 bits per heavy atom. The molecule has 0 aliphatic carbocycles. The Balaban J connectivity index is 2.05. The number of nitrogens with zero attached hydrogens (tertiary/aromatic N) is 1. The maximum Gasteiger partial charge on any atom is 0.346 e. The molecule has 0 bridgehead atoms. The van der Waals surface area contributed by atoms with Gasteiger partial charge in [-0.25, -0.2) is 4.79 Å². The first-order valence-electron chi connectivity index (χ1n) is 6.18. The smallest absolute Gasteiger partial charge is 0.346 e. The summed E-state index contributed by atoms with van der Waals surface area (Å²) >= 11 is 0. The van der Waals surface area contributed by atoms with Gasteiger partial charge in [-0.1, -0.05) is 12.1 Å². The van der Waals surface area contributed by atoms with Gasteiger partial charge < -0.3 is 9.47 Å². The van der Waals surface area contributed by atoms with Crippen molar-refractivity contribution >= 4 is 23.8 Å². The third kappa shape index (κ3) is 2.76. The minimum atomic E-state index is -1.10. The van der Waals surface area contributed by atoms with Crippen LogP contribution < -0.4 is 0 Å². The lowest BCUT2D eigenvalue weighted by molar-refractivity contribution is -0.164. The molecule has 0 saturated heterocycles. The number of rotatable bonds is 4. The van der Waals surface area contributed by atoms with Crippen LogP contribution in [-0.2, 0) is 19.1 Å². The number of carbonyl (C=O) groups is 4. The van der Waals surface area contributed by atoms with Crippen molar-refractivity contribution in [3.8, 4) is 0 Å². The van der Waals surface area contributed by atoms with E-state index >= 15 is 0 Å². The highest BCUT2D eigenvalue weighted by Gasteiger charge is 2.37. The van der Waals surface area contributed by atoms with Crippen molar-refractivity contribution in [2.24, 2.45) is 0 Å². The zero-order valence-corrected chi connectivity index (χ0v) is 11.5. The molecule has 0 radical (unpaired) electrons. The number of carbonyl (C=O) groups excluding carboxylic acids is 4. The highest BCUT2D eigenvalue weighted by molar-refractivity contribution is 6.22. The largest absolute Gasteiger partial charge is 0.466 e. The average Bonchev–Trinajstić information content (AvgIpc) is 2.72. The molecule has 1 atom stereocenters. The van der Waals surface area contributed by atoms with E-state index in [9.17, 15) is 19.2 Å². The van der Waals surface area contributed by atoms with Crippen molar-refractivity contribution in [3.05, 3.63) is 35.4 Å². The van der Waals surface area contributed by atoms with Crippen molar-refractivity contribution in [3.63, 3.8) is 0 Å². The van der Waals surface area contributed by atoms with Crippen LogP contribution in [0.1, 0.15) is 27.6 Å². The van der Waals surface area contributed by atoms with E-state index in [1.54, 1.807) is 12.1 Å². The van der Waals surface area contributed by atoms with Gasteiger partial charge in [-0.15, -0.1) is 0 Å². The third-order valence-electron chi connectivity index (χ3n) is 3.01. The molecule has 0 fully saturated rings. The number of benzene rings is 1. The predicted octanol–water partition coefficient (Wildman–Crippen LogP) is 0.387. The van der Waals surface area contributed by atoms with Gasteiger partial charge in [-0.05, 0) is 19.1 Å². The van der Waals surface area contributed by atoms with Crippen LogP contribution >= 0.6 is 0 Å². The summed E-state index contributed by atoms with van der Waals surface area (Å²) < 4.78 is 9.21. The first kappa shape index (κ1) is 14.7. The number of amides is 2. The molecule has 7 nitrogen and oxygen atoms in total. The lowest BCUT2D eigenvalue weighted by Crippen LogP contribution is -2.37. The van der Waals surface area contributed by atoms with Crippen molar-refractivity contribution in [1.29, 1.82) is 0 Å². The fourth-order valence-corrected chi connectivity index (χ4v) is 1.96. The van der Waals surface area contributed by atoms with E-state index in [2.05, 4.69) is 4.74 Å². The number of imide groups is 1. The van der Waals surface area contributed by atoms with E-state index in [4.69, 9.17) is 4.74 Å². The molecule has 110 valence electrons. The predicted molar refractivity (Wildman–Crippen MR) is 69.4 cm³/mol. The van der Waals surface area contributed by atoms with Gasteiger partial charge in [-0.3, -0.25) is 19.3 Å². The van der Waals surface area contributed by atoms with Crippen LogP contribution in [0.25, 0.3) is 0 Å². The van der Waals surface area contributed by atoms with Crippen molar-refractivity contribution in [1.82, 2.24) is 4.90 Å². The molecule has 2 rings (SSSR count). The van der Waals surface area contributed by atoms with E-state index in [0.717, 1.165) is 12.0 Å². The van der Waals surface area contributed by atoms with E-state index in [1.165, 1.54) is 19.1 Å². The second-order valence-electron chi connectivity index (χ2n) is 4.40. The summed E-state index contributed by atoms with van der Waals surface area (Å²) in [7, 11) is 1.16. The Bertz CT molecular complexity index is 589. The quantitative estimate of drug-likeness (QED) is 0.588. The number of fused-ring (bicyclic) bond motifs is 1. The molecule has 0 spiro atoms. The number of ether oxygens (including phenoxy) is 2. The average molecular weight is 291 g/mol. The standard InChI is InChI=1S/C14H13NO6/c1-8(14(19)20-2)21-11(16)7-15-12(17)9-5-3-4-6-10(9)13(15)18/h3-6,8H,7H2,1-2H3. The molecule has 0 N–H and O–H groups in total. The minimum Gasteiger partial charge on any atom is -0.466 e. The molecule has 1 aliphatic rings. The lowest BCUT2D eigenvalue weighted by Gasteiger charge is -2.15. The van der Waals surface area contributed by atoms with Gasteiger partial charge in [-0.2, -0.15) is 0 Å². The van der Waals surface area contributed by atoms with Crippen molar-refractivity contribution in [2.45, 2.75) is 13.0 Å². The van der Waals surface area contributed by atoms with Crippen molar-refractivity contribution < 1.29 is 28.7 Å². The third-order valence-corrected chi connectivity index (χ3v) is 3.01. The Morgan fingerprint density at radius 3 is 2.14 bits per heavy atom. The van der Waals surface area contributed by atoms with Crippen LogP contribution in [0.2, 0.25) is 0 Å². The zero-order valence-electron chi connectivity index (χ0n) is 11.5. The summed E-state index contributed by atoms with van der Waals surface area (Å²) in [6, 6.07) is 6.28. The Labute approximate surface area is 120 Å². The Kier molecular flexibility index (Phi) is 4.02. The second-order valence-corrected chi connectivity index (χ2v) is 4.40. The van der Waals surface area contributed by atoms with Crippen LogP contribution in [-0.4, -0.2) is 48.4 Å². The number of methoxy groups -OCH3 is 1. The SMILES string of the molecule is COC(=O)C(C)OC(=O)CN1C(=O)c2ccccc2C1=O. The molecule has 1 aromatic rings. The van der Waals surface area contributed by atoms with Gasteiger partial charge >= 0.3 is 11.9 Å². The summed E-state index contributed by atoms with van der Waals surface area (Å²) in [5.74, 6) is -2.69. The molecule has 2 amide bonds. The molecule has 1 aliphatic heterocycles. The first-order valence-corrected chi connectivity index (χ1v) is 6.18. The molecular formula is C14H13NO6. The number of hydrogen-bond donors (Lipinski definition) is 0. The van der Waals surface area contributed by atoms with Crippen LogP contribution in [0.3, 0.4) is 0 Å². The Hall–Kier alpha value is -2.70. The summed E-state index contributed by atoms with van der Waals surface area (Å²) in [5, 5.41) is 0. The second kappa shape index (κ2) is 5.74. The summed E-state index contributed by atoms with van der Waals surface area (Å²) in [5.41, 5.74) is 0.493. The monoisotopic (exact) mass is 291 g/mol. The molecular weight excluding hydrogens is 278 g/mol. The Morgan fingerprint density at radius 2 is 1.67 bits per heavy atom. The first-order chi connectivity index (χ1) is 9.95. The van der Waals surface area contributed by atoms with Gasteiger partial charge in [0.05, 0.1) is 18.2 Å². The zero-order chi connectivity index (χ0) is 15.6. The summed E-state index contributed by atoms with van der Waals surface area (Å²) in [4.78, 5) is 47.7. The van der Waals surface area contributed by atoms with Crippen LogP contribution in [0.5, 0.6) is 0 Å². The maximum atomic E-state index is 12.0. The van der Waals surface area contributed by atoms with E-state index in [0.29, 0.717) is 0 Å². The van der Waals surface area contributed by atoms with Crippen LogP contribution in [0, 0.1) is 0 Å². The van der Waals surface area contributed by atoms with Gasteiger partial charge in [0, 0.05) is 0 Å². The number of esters is 2. The van der Waals surface area contributed by atoms with E-state index in [-0.39, 0.29) is 11.1 Å². The van der Waals surface area contributed by atoms with Crippen LogP contribution in [0.15, 0.2) is 24.3 Å².